The maximum absolute atomic E-state index is 12.4. The summed E-state index contributed by atoms with van der Waals surface area (Å²) in [6, 6.07) is 11.7. The summed E-state index contributed by atoms with van der Waals surface area (Å²) in [5.74, 6) is -0.208. The standard InChI is InChI=1S/C14H13ClN2O2S/c1-9(18)17-14-6-5-12(8-13(14)16)20(19)11-4-2-3-10(15)7-11/h2-8H,16H2,1H3,(H,17,18). The Morgan fingerprint density at radius 3 is 2.55 bits per heavy atom. The first kappa shape index (κ1) is 14.7. The van der Waals surface area contributed by atoms with Crippen molar-refractivity contribution in [1.29, 1.82) is 0 Å². The van der Waals surface area contributed by atoms with Crippen molar-refractivity contribution in [2.75, 3.05) is 11.1 Å². The quantitative estimate of drug-likeness (QED) is 0.675. The Kier molecular flexibility index (Phi) is 4.54. The molecule has 0 aliphatic heterocycles. The van der Waals surface area contributed by atoms with Gasteiger partial charge in [-0.2, -0.15) is 0 Å². The minimum absolute atomic E-state index is 0.208. The van der Waals surface area contributed by atoms with E-state index in [1.54, 1.807) is 42.5 Å². The molecule has 0 aromatic heterocycles. The molecule has 104 valence electrons. The third-order valence-electron chi connectivity index (χ3n) is 2.56. The minimum Gasteiger partial charge on any atom is -0.606 e. The third-order valence-corrected chi connectivity index (χ3v) is 4.16. The molecule has 4 nitrogen and oxygen atoms in total. The average Bonchev–Trinajstić information content (AvgIpc) is 2.40. The smallest absolute Gasteiger partial charge is 0.221 e. The summed E-state index contributed by atoms with van der Waals surface area (Å²) in [4.78, 5) is 12.2. The van der Waals surface area contributed by atoms with E-state index in [2.05, 4.69) is 5.32 Å². The molecule has 2 rings (SSSR count). The Labute approximate surface area is 125 Å². The van der Waals surface area contributed by atoms with Gasteiger partial charge in [0.1, 0.15) is 0 Å². The largest absolute Gasteiger partial charge is 0.606 e. The Balaban J connectivity index is 2.29. The van der Waals surface area contributed by atoms with Crippen molar-refractivity contribution in [1.82, 2.24) is 0 Å². The maximum atomic E-state index is 12.4. The zero-order valence-electron chi connectivity index (χ0n) is 10.7. The first-order chi connectivity index (χ1) is 9.47. The number of benzene rings is 2. The molecule has 0 saturated heterocycles. The van der Waals surface area contributed by atoms with E-state index in [1.807, 2.05) is 0 Å². The fourth-order valence-electron chi connectivity index (χ4n) is 1.68. The molecule has 0 aliphatic rings. The molecule has 1 amide bonds. The van der Waals surface area contributed by atoms with Crippen molar-refractivity contribution in [2.24, 2.45) is 0 Å². The molecular weight excluding hydrogens is 296 g/mol. The van der Waals surface area contributed by atoms with Gasteiger partial charge in [-0.3, -0.25) is 4.79 Å². The van der Waals surface area contributed by atoms with Crippen molar-refractivity contribution in [3.05, 3.63) is 47.5 Å². The van der Waals surface area contributed by atoms with Crippen LogP contribution in [-0.4, -0.2) is 10.5 Å². The molecule has 0 bridgehead atoms. The molecule has 2 aromatic carbocycles. The molecule has 1 unspecified atom stereocenters. The second kappa shape index (κ2) is 6.17. The van der Waals surface area contributed by atoms with Gasteiger partial charge < -0.3 is 15.6 Å². The van der Waals surface area contributed by atoms with Gasteiger partial charge in [0.15, 0.2) is 9.79 Å². The third kappa shape index (κ3) is 3.45. The number of anilines is 2. The van der Waals surface area contributed by atoms with Gasteiger partial charge in [0, 0.05) is 35.3 Å². The van der Waals surface area contributed by atoms with Crippen LogP contribution in [0.4, 0.5) is 11.4 Å². The Bertz CT molecular complexity index is 649. The predicted octanol–water partition coefficient (Wildman–Crippen LogP) is 3.05. The normalized spacial score (nSPS) is 11.9. The van der Waals surface area contributed by atoms with Gasteiger partial charge in [-0.05, 0) is 24.3 Å². The summed E-state index contributed by atoms with van der Waals surface area (Å²) in [6.07, 6.45) is 0. The van der Waals surface area contributed by atoms with Crippen LogP contribution in [0.25, 0.3) is 0 Å². The zero-order valence-corrected chi connectivity index (χ0v) is 12.3. The monoisotopic (exact) mass is 308 g/mol. The van der Waals surface area contributed by atoms with Crippen molar-refractivity contribution in [3.8, 4) is 0 Å². The number of nitrogens with one attached hydrogen (secondary N) is 1. The number of carbonyl (C=O) groups is 1. The molecule has 0 radical (unpaired) electrons. The minimum atomic E-state index is -1.37. The number of rotatable bonds is 3. The lowest BCUT2D eigenvalue weighted by molar-refractivity contribution is -0.114. The Morgan fingerprint density at radius 1 is 1.25 bits per heavy atom. The van der Waals surface area contributed by atoms with Crippen LogP contribution in [0.2, 0.25) is 5.02 Å². The van der Waals surface area contributed by atoms with E-state index >= 15 is 0 Å². The molecular formula is C14H13ClN2O2S. The number of halogens is 1. The summed E-state index contributed by atoms with van der Waals surface area (Å²) in [5, 5.41) is 3.13. The van der Waals surface area contributed by atoms with E-state index < -0.39 is 11.2 Å². The highest BCUT2D eigenvalue weighted by molar-refractivity contribution is 7.91. The van der Waals surface area contributed by atoms with Crippen molar-refractivity contribution in [2.45, 2.75) is 16.7 Å². The van der Waals surface area contributed by atoms with Gasteiger partial charge in [0.25, 0.3) is 0 Å². The van der Waals surface area contributed by atoms with Gasteiger partial charge in [0.2, 0.25) is 5.91 Å². The summed E-state index contributed by atoms with van der Waals surface area (Å²) >= 11 is 4.52. The Hall–Kier alpha value is -1.69. The predicted molar refractivity (Wildman–Crippen MR) is 81.3 cm³/mol. The summed E-state index contributed by atoms with van der Waals surface area (Å²) < 4.78 is 12.4. The highest BCUT2D eigenvalue weighted by atomic mass is 35.5. The van der Waals surface area contributed by atoms with Crippen LogP contribution in [0.1, 0.15) is 6.92 Å². The molecule has 20 heavy (non-hydrogen) atoms. The number of nitrogens with two attached hydrogens (primary N) is 1. The summed E-state index contributed by atoms with van der Waals surface area (Å²) in [5.41, 5.74) is 6.71. The molecule has 0 heterocycles. The topological polar surface area (TPSA) is 78.2 Å². The molecule has 1 atom stereocenters. The number of amides is 1. The first-order valence-electron chi connectivity index (χ1n) is 5.82. The van der Waals surface area contributed by atoms with E-state index in [4.69, 9.17) is 17.3 Å². The Morgan fingerprint density at radius 2 is 1.95 bits per heavy atom. The van der Waals surface area contributed by atoms with Crippen molar-refractivity contribution >= 4 is 40.1 Å². The molecule has 0 aliphatic carbocycles. The molecule has 0 spiro atoms. The number of hydrogen-bond donors (Lipinski definition) is 2. The van der Waals surface area contributed by atoms with Gasteiger partial charge in [-0.1, -0.05) is 17.7 Å². The summed E-state index contributed by atoms with van der Waals surface area (Å²) in [6.45, 7) is 1.40. The number of carbonyl (C=O) groups excluding carboxylic acids is 1. The van der Waals surface area contributed by atoms with Crippen LogP contribution in [-0.2, 0) is 16.0 Å². The maximum Gasteiger partial charge on any atom is 0.221 e. The molecule has 3 N–H and O–H groups in total. The van der Waals surface area contributed by atoms with E-state index in [0.717, 1.165) is 0 Å². The fraction of sp³-hybridized carbons (Fsp3) is 0.0714. The highest BCUT2D eigenvalue weighted by Gasteiger charge is 2.16. The highest BCUT2D eigenvalue weighted by Crippen LogP contribution is 2.28. The lowest BCUT2D eigenvalue weighted by atomic mass is 10.2. The van der Waals surface area contributed by atoms with Gasteiger partial charge in [-0.15, -0.1) is 0 Å². The summed E-state index contributed by atoms with van der Waals surface area (Å²) in [7, 11) is 0. The number of hydrogen-bond acceptors (Lipinski definition) is 3. The van der Waals surface area contributed by atoms with Crippen LogP contribution < -0.4 is 11.1 Å². The second-order valence-corrected chi connectivity index (χ2v) is 6.07. The molecule has 0 saturated carbocycles. The zero-order chi connectivity index (χ0) is 14.7. The van der Waals surface area contributed by atoms with E-state index in [1.165, 1.54) is 6.92 Å². The van der Waals surface area contributed by atoms with Crippen LogP contribution >= 0.6 is 11.6 Å². The van der Waals surface area contributed by atoms with Crippen LogP contribution in [0.5, 0.6) is 0 Å². The van der Waals surface area contributed by atoms with Crippen LogP contribution in [0, 0.1) is 0 Å². The first-order valence-corrected chi connectivity index (χ1v) is 7.34. The van der Waals surface area contributed by atoms with Gasteiger partial charge in [0.05, 0.1) is 11.4 Å². The number of nitrogen functional groups attached to an aromatic ring is 1. The second-order valence-electron chi connectivity index (χ2n) is 4.16. The van der Waals surface area contributed by atoms with E-state index in [0.29, 0.717) is 26.2 Å². The molecule has 6 heteroatoms. The molecule has 2 aromatic rings. The van der Waals surface area contributed by atoms with Gasteiger partial charge in [-0.25, -0.2) is 0 Å². The lowest BCUT2D eigenvalue weighted by Crippen LogP contribution is -2.09. The SMILES string of the molecule is CC(=O)Nc1ccc([S+]([O-])c2cccc(Cl)c2)cc1N. The fourth-order valence-corrected chi connectivity index (χ4v) is 3.07. The van der Waals surface area contributed by atoms with Crippen LogP contribution in [0.3, 0.4) is 0 Å². The van der Waals surface area contributed by atoms with Crippen molar-refractivity contribution in [3.63, 3.8) is 0 Å². The lowest BCUT2D eigenvalue weighted by Gasteiger charge is -2.12. The van der Waals surface area contributed by atoms with Crippen LogP contribution in [0.15, 0.2) is 52.3 Å². The average molecular weight is 309 g/mol. The van der Waals surface area contributed by atoms with Gasteiger partial charge >= 0.3 is 0 Å². The molecule has 0 fully saturated rings. The van der Waals surface area contributed by atoms with Crippen molar-refractivity contribution < 1.29 is 9.35 Å². The van der Waals surface area contributed by atoms with E-state index in [9.17, 15) is 9.35 Å². The van der Waals surface area contributed by atoms with E-state index in [-0.39, 0.29) is 5.91 Å².